The topological polar surface area (TPSA) is 79.0 Å². The number of ether oxygens (including phenoxy) is 1. The van der Waals surface area contributed by atoms with E-state index in [9.17, 15) is 13.2 Å². The number of nitrogens with one attached hydrogen (secondary N) is 1. The van der Waals surface area contributed by atoms with E-state index in [1.165, 1.54) is 17.1 Å². The van der Waals surface area contributed by atoms with Crippen LogP contribution in [0.4, 0.5) is 0 Å². The number of likely N-dealkylation sites (N-methyl/N-ethyl adjacent to an activating group) is 1. The van der Waals surface area contributed by atoms with E-state index >= 15 is 0 Å². The molecule has 1 atom stereocenters. The van der Waals surface area contributed by atoms with Crippen LogP contribution in [0.15, 0.2) is 29.2 Å². The number of hydrogen-bond donors (Lipinski definition) is 1. The van der Waals surface area contributed by atoms with Crippen molar-refractivity contribution in [1.82, 2.24) is 14.5 Å². The summed E-state index contributed by atoms with van der Waals surface area (Å²) in [5.41, 5.74) is 0. The number of amides is 1. The number of rotatable bonds is 9. The normalized spacial score (nSPS) is 19.9. The Kier molecular flexibility index (Phi) is 7.19. The first kappa shape index (κ1) is 22.1. The fourth-order valence-corrected chi connectivity index (χ4v) is 5.23. The van der Waals surface area contributed by atoms with Gasteiger partial charge < -0.3 is 10.1 Å². The first-order chi connectivity index (χ1) is 13.8. The number of nitrogens with zero attached hydrogens (tertiary/aromatic N) is 2. The highest BCUT2D eigenvalue weighted by atomic mass is 32.2. The molecule has 0 radical (unpaired) electrons. The molecule has 7 nitrogen and oxygen atoms in total. The molecular weight excluding hydrogens is 390 g/mol. The summed E-state index contributed by atoms with van der Waals surface area (Å²) in [6.07, 6.45) is 3.59. The summed E-state index contributed by atoms with van der Waals surface area (Å²) in [7, 11) is -1.43. The molecule has 2 fully saturated rings. The molecule has 0 aromatic heterocycles. The van der Waals surface area contributed by atoms with Crippen LogP contribution in [0.3, 0.4) is 0 Å². The molecule has 1 unspecified atom stereocenters. The fourth-order valence-electron chi connectivity index (χ4n) is 3.76. The molecule has 0 bridgehead atoms. The Morgan fingerprint density at radius 3 is 2.38 bits per heavy atom. The summed E-state index contributed by atoms with van der Waals surface area (Å²) < 4.78 is 32.6. The minimum Gasteiger partial charge on any atom is -0.494 e. The van der Waals surface area contributed by atoms with Crippen LogP contribution in [0.5, 0.6) is 5.75 Å². The summed E-state index contributed by atoms with van der Waals surface area (Å²) in [5.74, 6) is 0.572. The van der Waals surface area contributed by atoms with Gasteiger partial charge in [-0.3, -0.25) is 9.69 Å². The molecule has 1 N–H and O–H groups in total. The number of benzene rings is 1. The predicted molar refractivity (Wildman–Crippen MR) is 112 cm³/mol. The zero-order valence-corrected chi connectivity index (χ0v) is 18.5. The van der Waals surface area contributed by atoms with Crippen LogP contribution in [0.1, 0.15) is 39.5 Å². The van der Waals surface area contributed by atoms with Gasteiger partial charge in [0.1, 0.15) is 5.75 Å². The maximum Gasteiger partial charge on any atom is 0.243 e. The molecule has 8 heteroatoms. The molecule has 162 valence electrons. The van der Waals surface area contributed by atoms with E-state index in [1.807, 2.05) is 6.92 Å². The van der Waals surface area contributed by atoms with E-state index in [0.29, 0.717) is 56.9 Å². The van der Waals surface area contributed by atoms with Gasteiger partial charge in [-0.25, -0.2) is 8.42 Å². The summed E-state index contributed by atoms with van der Waals surface area (Å²) in [6.45, 7) is 5.92. The van der Waals surface area contributed by atoms with Crippen molar-refractivity contribution >= 4 is 15.9 Å². The molecule has 3 rings (SSSR count). The van der Waals surface area contributed by atoms with Gasteiger partial charge >= 0.3 is 0 Å². The lowest BCUT2D eigenvalue weighted by Crippen LogP contribution is -2.46. The molecule has 1 amide bonds. The van der Waals surface area contributed by atoms with Crippen LogP contribution in [-0.4, -0.2) is 68.9 Å². The Labute approximate surface area is 174 Å². The van der Waals surface area contributed by atoms with Crippen LogP contribution in [0, 0.1) is 5.92 Å². The van der Waals surface area contributed by atoms with Gasteiger partial charge in [-0.15, -0.1) is 0 Å². The van der Waals surface area contributed by atoms with Crippen molar-refractivity contribution in [3.63, 3.8) is 0 Å². The minimum absolute atomic E-state index is 0.0409. The van der Waals surface area contributed by atoms with E-state index in [1.54, 1.807) is 24.3 Å². The molecule has 1 saturated carbocycles. The Morgan fingerprint density at radius 2 is 1.83 bits per heavy atom. The smallest absolute Gasteiger partial charge is 0.243 e. The molecule has 1 saturated heterocycles. The summed E-state index contributed by atoms with van der Waals surface area (Å²) in [5, 5.41) is 3.06. The third-order valence-electron chi connectivity index (χ3n) is 5.99. The van der Waals surface area contributed by atoms with Crippen molar-refractivity contribution in [3.05, 3.63) is 24.3 Å². The molecule has 0 spiro atoms. The minimum atomic E-state index is -3.54. The van der Waals surface area contributed by atoms with E-state index in [0.717, 1.165) is 0 Å². The fraction of sp³-hybridized carbons (Fsp3) is 0.667. The summed E-state index contributed by atoms with van der Waals surface area (Å²) in [6, 6.07) is 7.49. The molecule has 1 aliphatic heterocycles. The molecule has 2 aliphatic rings. The van der Waals surface area contributed by atoms with Gasteiger partial charge in [0.25, 0.3) is 0 Å². The average molecular weight is 424 g/mol. The van der Waals surface area contributed by atoms with Crippen LogP contribution < -0.4 is 10.1 Å². The lowest BCUT2D eigenvalue weighted by molar-refractivity contribution is -0.126. The molecule has 1 heterocycles. The predicted octanol–water partition coefficient (Wildman–Crippen LogP) is 2.08. The Bertz CT molecular complexity index is 785. The monoisotopic (exact) mass is 423 g/mol. The standard InChI is InChI=1S/C21H33N3O4S/c1-4-28-19-7-9-20(10-8-19)29(26,27)24-13-11-17(12-14-24)21(25)22-15-16(2)23(3)18-5-6-18/h7-10,16-18H,4-6,11-15H2,1-3H3,(H,22,25). The third kappa shape index (κ3) is 5.49. The maximum absolute atomic E-state index is 12.9. The summed E-state index contributed by atoms with van der Waals surface area (Å²) >= 11 is 0. The van der Waals surface area contributed by atoms with Crippen molar-refractivity contribution < 1.29 is 17.9 Å². The second-order valence-corrected chi connectivity index (χ2v) is 10.0. The van der Waals surface area contributed by atoms with E-state index in [2.05, 4.69) is 24.2 Å². The largest absolute Gasteiger partial charge is 0.494 e. The van der Waals surface area contributed by atoms with Gasteiger partial charge in [-0.05, 0) is 70.8 Å². The molecule has 1 aromatic rings. The number of sulfonamides is 1. The lowest BCUT2D eigenvalue weighted by atomic mass is 9.97. The third-order valence-corrected chi connectivity index (χ3v) is 7.90. The Morgan fingerprint density at radius 1 is 1.21 bits per heavy atom. The van der Waals surface area contributed by atoms with Crippen molar-refractivity contribution in [2.24, 2.45) is 5.92 Å². The number of hydrogen-bond acceptors (Lipinski definition) is 5. The van der Waals surface area contributed by atoms with Crippen molar-refractivity contribution in [2.45, 2.75) is 56.5 Å². The maximum atomic E-state index is 12.9. The van der Waals surface area contributed by atoms with Gasteiger partial charge in [0.15, 0.2) is 0 Å². The van der Waals surface area contributed by atoms with Crippen LogP contribution in [-0.2, 0) is 14.8 Å². The molecule has 1 aromatic carbocycles. The Balaban J connectivity index is 1.49. The molecule has 29 heavy (non-hydrogen) atoms. The van der Waals surface area contributed by atoms with Gasteiger partial charge in [-0.1, -0.05) is 0 Å². The highest BCUT2D eigenvalue weighted by molar-refractivity contribution is 7.89. The van der Waals surface area contributed by atoms with Gasteiger partial charge in [0.2, 0.25) is 15.9 Å². The highest BCUT2D eigenvalue weighted by Gasteiger charge is 2.33. The van der Waals surface area contributed by atoms with E-state index in [4.69, 9.17) is 4.74 Å². The second kappa shape index (κ2) is 9.45. The van der Waals surface area contributed by atoms with Crippen LogP contribution in [0.2, 0.25) is 0 Å². The van der Waals surface area contributed by atoms with Crippen molar-refractivity contribution in [2.75, 3.05) is 33.3 Å². The van der Waals surface area contributed by atoms with Crippen LogP contribution >= 0.6 is 0 Å². The highest BCUT2D eigenvalue weighted by Crippen LogP contribution is 2.27. The lowest BCUT2D eigenvalue weighted by Gasteiger charge is -2.31. The first-order valence-electron chi connectivity index (χ1n) is 10.6. The molecule has 1 aliphatic carbocycles. The molecular formula is C21H33N3O4S. The average Bonchev–Trinajstić information content (AvgIpc) is 3.57. The van der Waals surface area contributed by atoms with E-state index < -0.39 is 10.0 Å². The van der Waals surface area contributed by atoms with Crippen molar-refractivity contribution in [1.29, 1.82) is 0 Å². The SMILES string of the molecule is CCOc1ccc(S(=O)(=O)N2CCC(C(=O)NCC(C)N(C)C3CC3)CC2)cc1. The van der Waals surface area contributed by atoms with Crippen molar-refractivity contribution in [3.8, 4) is 5.75 Å². The summed E-state index contributed by atoms with van der Waals surface area (Å²) in [4.78, 5) is 15.1. The number of carbonyl (C=O) groups is 1. The second-order valence-electron chi connectivity index (χ2n) is 8.07. The number of piperidine rings is 1. The zero-order chi connectivity index (χ0) is 21.0. The first-order valence-corrected chi connectivity index (χ1v) is 12.0. The Hall–Kier alpha value is -1.64. The number of carbonyl (C=O) groups excluding carboxylic acids is 1. The quantitative estimate of drug-likeness (QED) is 0.658. The van der Waals surface area contributed by atoms with Gasteiger partial charge in [-0.2, -0.15) is 4.31 Å². The van der Waals surface area contributed by atoms with E-state index in [-0.39, 0.29) is 16.7 Å². The van der Waals surface area contributed by atoms with Gasteiger partial charge in [0, 0.05) is 37.6 Å². The van der Waals surface area contributed by atoms with Crippen LogP contribution in [0.25, 0.3) is 0 Å². The zero-order valence-electron chi connectivity index (χ0n) is 17.6. The van der Waals surface area contributed by atoms with Gasteiger partial charge in [0.05, 0.1) is 11.5 Å².